The molecule has 1 rings (SSSR count). The normalized spacial score (nSPS) is 17.4. The first-order valence-electron chi connectivity index (χ1n) is 7.78. The minimum absolute atomic E-state index is 0.0166. The molecule has 1 unspecified atom stereocenters. The molecule has 1 fully saturated rings. The van der Waals surface area contributed by atoms with Crippen molar-refractivity contribution < 1.29 is 14.7 Å². The number of nitrogens with one attached hydrogen (secondary N) is 1. The molecule has 0 heterocycles. The topological polar surface area (TPSA) is 69.6 Å². The average Bonchev–Trinajstić information content (AvgIpc) is 2.91. The number of aliphatic carboxylic acids is 1. The van der Waals surface area contributed by atoms with Crippen LogP contribution in [-0.2, 0) is 9.59 Å². The molecular weight excluding hydrogens is 256 g/mol. The monoisotopic (exact) mass is 284 g/mol. The third kappa shape index (κ3) is 5.90. The van der Waals surface area contributed by atoms with E-state index in [1.165, 1.54) is 12.8 Å². The summed E-state index contributed by atoms with van der Waals surface area (Å²) >= 11 is 0. The molecular formula is C15H28N2O3. The summed E-state index contributed by atoms with van der Waals surface area (Å²) < 4.78 is 0. The van der Waals surface area contributed by atoms with Gasteiger partial charge in [0.2, 0.25) is 5.91 Å². The highest BCUT2D eigenvalue weighted by atomic mass is 16.4. The van der Waals surface area contributed by atoms with Crippen LogP contribution >= 0.6 is 0 Å². The van der Waals surface area contributed by atoms with Crippen molar-refractivity contribution in [2.45, 2.75) is 58.4 Å². The van der Waals surface area contributed by atoms with Gasteiger partial charge in [0, 0.05) is 19.1 Å². The number of hydrogen-bond acceptors (Lipinski definition) is 3. The summed E-state index contributed by atoms with van der Waals surface area (Å²) in [5.74, 6) is -1.21. The average molecular weight is 284 g/mol. The number of amides is 1. The Morgan fingerprint density at radius 3 is 2.55 bits per heavy atom. The van der Waals surface area contributed by atoms with Gasteiger partial charge in [-0.3, -0.25) is 14.5 Å². The summed E-state index contributed by atoms with van der Waals surface area (Å²) in [7, 11) is 0. The first-order chi connectivity index (χ1) is 9.54. The van der Waals surface area contributed by atoms with Crippen LogP contribution in [0.2, 0.25) is 0 Å². The van der Waals surface area contributed by atoms with Crippen molar-refractivity contribution in [3.63, 3.8) is 0 Å². The van der Waals surface area contributed by atoms with E-state index in [-0.39, 0.29) is 5.91 Å². The number of carbonyl (C=O) groups is 2. The van der Waals surface area contributed by atoms with Gasteiger partial charge in [0.05, 0.1) is 12.5 Å². The SMILES string of the molecule is CCCCNC(=O)CN(CC(C)C(=O)O)C1CCCC1. The van der Waals surface area contributed by atoms with Crippen molar-refractivity contribution in [2.24, 2.45) is 5.92 Å². The summed E-state index contributed by atoms with van der Waals surface area (Å²) in [6.45, 7) is 5.29. The van der Waals surface area contributed by atoms with Crippen molar-refractivity contribution in [3.05, 3.63) is 0 Å². The molecule has 0 aromatic rings. The summed E-state index contributed by atoms with van der Waals surface area (Å²) in [4.78, 5) is 25.0. The lowest BCUT2D eigenvalue weighted by atomic mass is 10.1. The van der Waals surface area contributed by atoms with E-state index in [4.69, 9.17) is 5.11 Å². The molecule has 5 heteroatoms. The largest absolute Gasteiger partial charge is 0.481 e. The number of rotatable bonds is 9. The molecule has 0 aromatic carbocycles. The number of nitrogens with zero attached hydrogens (tertiary/aromatic N) is 1. The smallest absolute Gasteiger partial charge is 0.307 e. The van der Waals surface area contributed by atoms with Gasteiger partial charge in [-0.05, 0) is 19.3 Å². The third-order valence-electron chi connectivity index (χ3n) is 3.97. The highest BCUT2D eigenvalue weighted by Crippen LogP contribution is 2.24. The molecule has 1 aliphatic rings. The van der Waals surface area contributed by atoms with Crippen LogP contribution in [0.1, 0.15) is 52.4 Å². The van der Waals surface area contributed by atoms with Crippen LogP contribution in [0.4, 0.5) is 0 Å². The molecule has 1 atom stereocenters. The second-order valence-electron chi connectivity index (χ2n) is 5.81. The van der Waals surface area contributed by atoms with E-state index >= 15 is 0 Å². The maximum absolute atomic E-state index is 11.9. The third-order valence-corrected chi connectivity index (χ3v) is 3.97. The van der Waals surface area contributed by atoms with E-state index in [9.17, 15) is 9.59 Å². The van der Waals surface area contributed by atoms with Gasteiger partial charge in [-0.15, -0.1) is 0 Å². The molecule has 116 valence electrons. The Balaban J connectivity index is 2.48. The van der Waals surface area contributed by atoms with Crippen LogP contribution in [0.5, 0.6) is 0 Å². The highest BCUT2D eigenvalue weighted by molar-refractivity contribution is 5.78. The van der Waals surface area contributed by atoms with Crippen molar-refractivity contribution in [1.82, 2.24) is 10.2 Å². The van der Waals surface area contributed by atoms with Gasteiger partial charge in [-0.2, -0.15) is 0 Å². The molecule has 0 bridgehead atoms. The lowest BCUT2D eigenvalue weighted by Crippen LogP contribution is -2.45. The van der Waals surface area contributed by atoms with Crippen LogP contribution in [0.15, 0.2) is 0 Å². The number of carboxylic acids is 1. The fourth-order valence-electron chi connectivity index (χ4n) is 2.69. The van der Waals surface area contributed by atoms with E-state index in [1.54, 1.807) is 6.92 Å². The van der Waals surface area contributed by atoms with Crippen LogP contribution < -0.4 is 5.32 Å². The first-order valence-corrected chi connectivity index (χ1v) is 7.78. The Hall–Kier alpha value is -1.10. The predicted octanol–water partition coefficient (Wildman–Crippen LogP) is 1.87. The number of carboxylic acid groups (broad SMARTS) is 1. The molecule has 1 saturated carbocycles. The molecule has 0 aliphatic heterocycles. The predicted molar refractivity (Wildman–Crippen MR) is 78.5 cm³/mol. The van der Waals surface area contributed by atoms with Gasteiger partial charge in [0.25, 0.3) is 0 Å². The first kappa shape index (κ1) is 17.0. The number of carbonyl (C=O) groups excluding carboxylic acids is 1. The zero-order chi connectivity index (χ0) is 15.0. The van der Waals surface area contributed by atoms with E-state index in [0.29, 0.717) is 25.7 Å². The summed E-state index contributed by atoms with van der Waals surface area (Å²) in [6.07, 6.45) is 6.56. The fraction of sp³-hybridized carbons (Fsp3) is 0.867. The van der Waals surface area contributed by atoms with Gasteiger partial charge in [0.1, 0.15) is 0 Å². The van der Waals surface area contributed by atoms with Crippen molar-refractivity contribution in [3.8, 4) is 0 Å². The minimum Gasteiger partial charge on any atom is -0.481 e. The molecule has 2 N–H and O–H groups in total. The summed E-state index contributed by atoms with van der Waals surface area (Å²) in [5, 5.41) is 12.0. The minimum atomic E-state index is -0.792. The van der Waals surface area contributed by atoms with E-state index in [1.807, 2.05) is 0 Å². The van der Waals surface area contributed by atoms with Crippen LogP contribution in [0.25, 0.3) is 0 Å². The van der Waals surface area contributed by atoms with Crippen LogP contribution in [0.3, 0.4) is 0 Å². The lowest BCUT2D eigenvalue weighted by Gasteiger charge is -2.29. The second-order valence-corrected chi connectivity index (χ2v) is 5.81. The van der Waals surface area contributed by atoms with Crippen molar-refractivity contribution in [2.75, 3.05) is 19.6 Å². The fourth-order valence-corrected chi connectivity index (χ4v) is 2.69. The van der Waals surface area contributed by atoms with Crippen molar-refractivity contribution >= 4 is 11.9 Å². The lowest BCUT2D eigenvalue weighted by molar-refractivity contribution is -0.142. The van der Waals surface area contributed by atoms with E-state index in [2.05, 4.69) is 17.1 Å². The van der Waals surface area contributed by atoms with Gasteiger partial charge in [0.15, 0.2) is 0 Å². The van der Waals surface area contributed by atoms with Gasteiger partial charge >= 0.3 is 5.97 Å². The summed E-state index contributed by atoms with van der Waals surface area (Å²) in [6, 6.07) is 0.369. The molecule has 0 aromatic heterocycles. The molecule has 20 heavy (non-hydrogen) atoms. The maximum atomic E-state index is 11.9. The van der Waals surface area contributed by atoms with E-state index in [0.717, 1.165) is 25.7 Å². The van der Waals surface area contributed by atoms with Crippen molar-refractivity contribution in [1.29, 1.82) is 0 Å². The molecule has 1 amide bonds. The number of hydrogen-bond donors (Lipinski definition) is 2. The van der Waals surface area contributed by atoms with Gasteiger partial charge < -0.3 is 10.4 Å². The quantitative estimate of drug-likeness (QED) is 0.634. The molecule has 5 nitrogen and oxygen atoms in total. The highest BCUT2D eigenvalue weighted by Gasteiger charge is 2.27. The zero-order valence-electron chi connectivity index (χ0n) is 12.7. The zero-order valence-corrected chi connectivity index (χ0v) is 12.7. The standard InChI is InChI=1S/C15H28N2O3/c1-3-4-9-16-14(18)11-17(10-12(2)15(19)20)13-7-5-6-8-13/h12-13H,3-11H2,1-2H3,(H,16,18)(H,19,20). The van der Waals surface area contributed by atoms with Crippen LogP contribution in [0, 0.1) is 5.92 Å². The Morgan fingerprint density at radius 2 is 2.00 bits per heavy atom. The molecule has 0 spiro atoms. The van der Waals surface area contributed by atoms with Gasteiger partial charge in [-0.25, -0.2) is 0 Å². The Labute approximate surface area is 121 Å². The Morgan fingerprint density at radius 1 is 1.35 bits per heavy atom. The second kappa shape index (κ2) is 8.95. The number of unbranched alkanes of at least 4 members (excludes halogenated alkanes) is 1. The molecule has 0 radical (unpaired) electrons. The van der Waals surface area contributed by atoms with Crippen LogP contribution in [-0.4, -0.2) is 47.6 Å². The van der Waals surface area contributed by atoms with Gasteiger partial charge in [-0.1, -0.05) is 33.1 Å². The molecule has 1 aliphatic carbocycles. The van der Waals surface area contributed by atoms with E-state index < -0.39 is 11.9 Å². The Bertz CT molecular complexity index is 314. The maximum Gasteiger partial charge on any atom is 0.307 e. The molecule has 0 saturated heterocycles. The Kier molecular flexibility index (Phi) is 7.59. The summed E-state index contributed by atoms with van der Waals surface area (Å²) in [5.41, 5.74) is 0.